The molecule has 1 aromatic carbocycles. The fourth-order valence-electron chi connectivity index (χ4n) is 2.50. The van der Waals surface area contributed by atoms with E-state index >= 15 is 0 Å². The number of nitrogens with one attached hydrogen (secondary N) is 1. The van der Waals surface area contributed by atoms with Crippen LogP contribution in [-0.4, -0.2) is 31.6 Å². The third kappa shape index (κ3) is 3.38. The quantitative estimate of drug-likeness (QED) is 0.506. The van der Waals surface area contributed by atoms with Gasteiger partial charge in [0.2, 0.25) is 11.8 Å². The third-order valence-electron chi connectivity index (χ3n) is 3.81. The van der Waals surface area contributed by atoms with Gasteiger partial charge < -0.3 is 20.4 Å². The Morgan fingerprint density at radius 1 is 1.38 bits per heavy atom. The number of methoxy groups -OCH3 is 1. The molecule has 0 aliphatic rings. The predicted molar refractivity (Wildman–Crippen MR) is 94.8 cm³/mol. The van der Waals surface area contributed by atoms with Gasteiger partial charge in [-0.2, -0.15) is 4.98 Å². The first-order valence-corrected chi connectivity index (χ1v) is 7.64. The van der Waals surface area contributed by atoms with Crippen LogP contribution in [0.1, 0.15) is 17.4 Å². The van der Waals surface area contributed by atoms with Gasteiger partial charge in [-0.05, 0) is 17.7 Å². The fourth-order valence-corrected chi connectivity index (χ4v) is 2.50. The molecule has 3 N–H and O–H groups in total. The molecule has 0 saturated heterocycles. The Balaban J connectivity index is 2.00. The first-order valence-electron chi connectivity index (χ1n) is 7.64. The molecule has 0 fully saturated rings. The molecule has 3 rings (SSSR count). The molecule has 2 aromatic heterocycles. The minimum Gasteiger partial charge on any atom is -0.497 e. The van der Waals surface area contributed by atoms with Crippen molar-refractivity contribution in [3.05, 3.63) is 64.4 Å². The number of imidazole rings is 1. The van der Waals surface area contributed by atoms with E-state index in [4.69, 9.17) is 10.5 Å². The summed E-state index contributed by atoms with van der Waals surface area (Å²) in [6.07, 6.45) is 4.57. The normalized spacial score (nSPS) is 11.8. The van der Waals surface area contributed by atoms with Gasteiger partial charge in [-0.15, -0.1) is 0 Å². The Kier molecular flexibility index (Phi) is 4.65. The molecule has 0 bridgehead atoms. The largest absolute Gasteiger partial charge is 0.497 e. The van der Waals surface area contributed by atoms with Crippen molar-refractivity contribution in [3.8, 4) is 5.75 Å². The maximum atomic E-state index is 10.9. The van der Waals surface area contributed by atoms with Crippen LogP contribution in [0.2, 0.25) is 0 Å². The van der Waals surface area contributed by atoms with E-state index in [1.54, 1.807) is 13.3 Å². The number of hydrogen-bond donors (Lipinski definition) is 2. The van der Waals surface area contributed by atoms with Crippen LogP contribution in [0.3, 0.4) is 0 Å². The SMILES string of the molecule is COc1cccc(C(Nc2ncc([N+](=O)[O-])c(N)n2)c2nccn2C)c1. The maximum Gasteiger partial charge on any atom is 0.329 e. The van der Waals surface area contributed by atoms with Crippen molar-refractivity contribution in [2.75, 3.05) is 18.2 Å². The van der Waals surface area contributed by atoms with Crippen molar-refractivity contribution in [2.45, 2.75) is 6.04 Å². The van der Waals surface area contributed by atoms with Gasteiger partial charge in [0.1, 0.15) is 23.8 Å². The Hall–Kier alpha value is -3.69. The highest BCUT2D eigenvalue weighted by molar-refractivity contribution is 5.54. The van der Waals surface area contributed by atoms with Crippen LogP contribution in [0.15, 0.2) is 42.9 Å². The molecule has 0 aliphatic heterocycles. The van der Waals surface area contributed by atoms with Gasteiger partial charge in [0.05, 0.1) is 12.0 Å². The van der Waals surface area contributed by atoms with Crippen LogP contribution in [-0.2, 0) is 7.05 Å². The summed E-state index contributed by atoms with van der Waals surface area (Å²) in [4.78, 5) is 22.6. The van der Waals surface area contributed by atoms with E-state index < -0.39 is 11.0 Å². The molecule has 0 radical (unpaired) electrons. The average molecular weight is 355 g/mol. The van der Waals surface area contributed by atoms with E-state index in [1.807, 2.05) is 42.1 Å². The molecule has 1 atom stereocenters. The number of aryl methyl sites for hydroxylation is 1. The van der Waals surface area contributed by atoms with Crippen molar-refractivity contribution >= 4 is 17.5 Å². The van der Waals surface area contributed by atoms with Gasteiger partial charge in [-0.1, -0.05) is 12.1 Å². The van der Waals surface area contributed by atoms with Crippen LogP contribution in [0.5, 0.6) is 5.75 Å². The lowest BCUT2D eigenvalue weighted by atomic mass is 10.1. The van der Waals surface area contributed by atoms with E-state index in [0.29, 0.717) is 11.6 Å². The summed E-state index contributed by atoms with van der Waals surface area (Å²) in [6, 6.07) is 7.05. The molecule has 0 aliphatic carbocycles. The van der Waals surface area contributed by atoms with E-state index in [2.05, 4.69) is 20.3 Å². The van der Waals surface area contributed by atoms with Gasteiger partial charge in [0, 0.05) is 19.4 Å². The van der Waals surface area contributed by atoms with Crippen LogP contribution in [0.4, 0.5) is 17.5 Å². The number of benzene rings is 1. The molecule has 3 aromatic rings. The van der Waals surface area contributed by atoms with Crippen molar-refractivity contribution < 1.29 is 9.66 Å². The summed E-state index contributed by atoms with van der Waals surface area (Å²) in [5.74, 6) is 1.34. The highest BCUT2D eigenvalue weighted by atomic mass is 16.6. The summed E-state index contributed by atoms with van der Waals surface area (Å²) in [7, 11) is 3.45. The summed E-state index contributed by atoms with van der Waals surface area (Å²) in [5, 5.41) is 14.0. The molecule has 2 heterocycles. The maximum absolute atomic E-state index is 10.9. The first-order chi connectivity index (χ1) is 12.5. The van der Waals surface area contributed by atoms with Crippen molar-refractivity contribution in [3.63, 3.8) is 0 Å². The summed E-state index contributed by atoms with van der Waals surface area (Å²) >= 11 is 0. The Morgan fingerprint density at radius 2 is 2.19 bits per heavy atom. The Labute approximate surface area is 148 Å². The highest BCUT2D eigenvalue weighted by Gasteiger charge is 2.22. The molecule has 26 heavy (non-hydrogen) atoms. The van der Waals surface area contributed by atoms with Crippen LogP contribution >= 0.6 is 0 Å². The van der Waals surface area contributed by atoms with Gasteiger partial charge in [0.15, 0.2) is 0 Å². The molecule has 0 spiro atoms. The average Bonchev–Trinajstić information content (AvgIpc) is 3.05. The number of nitrogens with zero attached hydrogens (tertiary/aromatic N) is 5. The second-order valence-electron chi connectivity index (χ2n) is 5.47. The highest BCUT2D eigenvalue weighted by Crippen LogP contribution is 2.28. The smallest absolute Gasteiger partial charge is 0.329 e. The van der Waals surface area contributed by atoms with Crippen LogP contribution < -0.4 is 15.8 Å². The van der Waals surface area contributed by atoms with Gasteiger partial charge in [-0.25, -0.2) is 9.97 Å². The Morgan fingerprint density at radius 3 is 2.81 bits per heavy atom. The number of hydrogen-bond acceptors (Lipinski definition) is 8. The zero-order valence-corrected chi connectivity index (χ0v) is 14.2. The van der Waals surface area contributed by atoms with Crippen molar-refractivity contribution in [2.24, 2.45) is 7.05 Å². The zero-order chi connectivity index (χ0) is 18.7. The number of aromatic nitrogens is 4. The number of rotatable bonds is 6. The second kappa shape index (κ2) is 7.05. The molecule has 1 unspecified atom stereocenters. The zero-order valence-electron chi connectivity index (χ0n) is 14.2. The third-order valence-corrected chi connectivity index (χ3v) is 3.81. The van der Waals surface area contributed by atoms with E-state index in [-0.39, 0.29) is 17.5 Å². The van der Waals surface area contributed by atoms with E-state index in [9.17, 15) is 10.1 Å². The minimum atomic E-state index is -0.628. The summed E-state index contributed by atoms with van der Waals surface area (Å²) < 4.78 is 7.14. The molecule has 0 saturated carbocycles. The van der Waals surface area contributed by atoms with Crippen molar-refractivity contribution in [1.82, 2.24) is 19.5 Å². The van der Waals surface area contributed by atoms with Gasteiger partial charge in [-0.3, -0.25) is 10.1 Å². The standard InChI is InChI=1S/C16H17N7O3/c1-22-7-6-18-15(22)13(10-4-3-5-11(8-10)26-2)20-16-19-9-12(23(24)25)14(17)21-16/h3-9,13H,1-2H3,(H3,17,19,20,21). The molecule has 0 amide bonds. The molecule has 134 valence electrons. The minimum absolute atomic E-state index is 0.156. The predicted octanol–water partition coefficient (Wildman–Crippen LogP) is 1.91. The van der Waals surface area contributed by atoms with Crippen LogP contribution in [0.25, 0.3) is 0 Å². The fraction of sp³-hybridized carbons (Fsp3) is 0.188. The van der Waals surface area contributed by atoms with Crippen LogP contribution in [0, 0.1) is 10.1 Å². The van der Waals surface area contributed by atoms with Gasteiger partial charge in [0.25, 0.3) is 0 Å². The van der Waals surface area contributed by atoms with E-state index in [0.717, 1.165) is 11.8 Å². The number of anilines is 2. The van der Waals surface area contributed by atoms with Gasteiger partial charge >= 0.3 is 5.69 Å². The van der Waals surface area contributed by atoms with Crippen molar-refractivity contribution in [1.29, 1.82) is 0 Å². The second-order valence-corrected chi connectivity index (χ2v) is 5.47. The lowest BCUT2D eigenvalue weighted by molar-refractivity contribution is -0.384. The monoisotopic (exact) mass is 355 g/mol. The molecule has 10 heteroatoms. The lowest BCUT2D eigenvalue weighted by Crippen LogP contribution is -2.18. The summed E-state index contributed by atoms with van der Waals surface area (Å²) in [6.45, 7) is 0. The van der Waals surface area contributed by atoms with E-state index in [1.165, 1.54) is 0 Å². The number of ether oxygens (including phenoxy) is 1. The Bertz CT molecular complexity index is 941. The molecular weight excluding hydrogens is 338 g/mol. The topological polar surface area (TPSA) is 134 Å². The molecular formula is C16H17N7O3. The number of nitro groups is 1. The number of nitrogens with two attached hydrogens (primary N) is 1. The number of nitrogen functional groups attached to an aromatic ring is 1. The lowest BCUT2D eigenvalue weighted by Gasteiger charge is -2.19. The molecule has 10 nitrogen and oxygen atoms in total. The summed E-state index contributed by atoms with van der Waals surface area (Å²) in [5.41, 5.74) is 6.18. The first kappa shape index (κ1) is 17.1.